The summed E-state index contributed by atoms with van der Waals surface area (Å²) >= 11 is 0. The molecule has 0 radical (unpaired) electrons. The minimum Gasteiger partial charge on any atom is -0.508 e. The summed E-state index contributed by atoms with van der Waals surface area (Å²) in [6.07, 6.45) is 0. The number of phenolic OH excluding ortho intramolecular Hbond substituents is 1. The van der Waals surface area contributed by atoms with Crippen LogP contribution in [0.15, 0.2) is 33.5 Å². The first-order valence-electron chi connectivity index (χ1n) is 6.88. The molecule has 0 bridgehead atoms. The van der Waals surface area contributed by atoms with Crippen molar-refractivity contribution in [3.8, 4) is 5.75 Å². The highest BCUT2D eigenvalue weighted by molar-refractivity contribution is 5.81. The molecular weight excluding hydrogens is 256 g/mol. The predicted molar refractivity (Wildman–Crippen MR) is 76.9 cm³/mol. The highest BCUT2D eigenvalue weighted by Crippen LogP contribution is 2.23. The van der Waals surface area contributed by atoms with Gasteiger partial charge in [0.15, 0.2) is 0 Å². The first-order valence-corrected chi connectivity index (χ1v) is 6.88. The molecular formula is C15H18N2O3. The number of nitrogens with zero attached hydrogens (tertiary/aromatic N) is 1. The molecule has 2 aromatic rings. The molecule has 3 rings (SSSR count). The van der Waals surface area contributed by atoms with Crippen molar-refractivity contribution in [1.29, 1.82) is 0 Å². The van der Waals surface area contributed by atoms with E-state index in [9.17, 15) is 9.90 Å². The van der Waals surface area contributed by atoms with Gasteiger partial charge in [-0.15, -0.1) is 0 Å². The lowest BCUT2D eigenvalue weighted by Gasteiger charge is -2.37. The maximum absolute atomic E-state index is 11.7. The van der Waals surface area contributed by atoms with Gasteiger partial charge >= 0.3 is 5.63 Å². The van der Waals surface area contributed by atoms with Gasteiger partial charge in [0.1, 0.15) is 11.3 Å². The Bertz CT molecular complexity index is 676. The van der Waals surface area contributed by atoms with Gasteiger partial charge in [0.25, 0.3) is 0 Å². The Hall–Kier alpha value is -1.85. The second kappa shape index (κ2) is 5.26. The molecule has 1 aromatic heterocycles. The Morgan fingerprint density at radius 2 is 2.20 bits per heavy atom. The number of aromatic hydroxyl groups is 1. The lowest BCUT2D eigenvalue weighted by atomic mass is 10.1. The van der Waals surface area contributed by atoms with Crippen molar-refractivity contribution in [3.63, 3.8) is 0 Å². The number of rotatable bonds is 4. The van der Waals surface area contributed by atoms with E-state index in [2.05, 4.69) is 17.1 Å². The molecule has 20 heavy (non-hydrogen) atoms. The van der Waals surface area contributed by atoms with Crippen molar-refractivity contribution in [2.75, 3.05) is 19.6 Å². The van der Waals surface area contributed by atoms with E-state index in [-0.39, 0.29) is 11.4 Å². The van der Waals surface area contributed by atoms with Crippen LogP contribution in [-0.4, -0.2) is 35.7 Å². The van der Waals surface area contributed by atoms with E-state index < -0.39 is 0 Å². The lowest BCUT2D eigenvalue weighted by Crippen LogP contribution is -2.56. The number of nitrogens with one attached hydrogen (secondary N) is 1. The Kier molecular flexibility index (Phi) is 3.46. The first kappa shape index (κ1) is 13.1. The van der Waals surface area contributed by atoms with Crippen LogP contribution in [0.4, 0.5) is 0 Å². The van der Waals surface area contributed by atoms with Crippen LogP contribution < -0.4 is 10.9 Å². The van der Waals surface area contributed by atoms with Gasteiger partial charge < -0.3 is 14.8 Å². The molecule has 0 atom stereocenters. The zero-order chi connectivity index (χ0) is 14.1. The predicted octanol–water partition coefficient (Wildman–Crippen LogP) is 1.29. The Balaban J connectivity index is 1.99. The van der Waals surface area contributed by atoms with Crippen LogP contribution >= 0.6 is 0 Å². The summed E-state index contributed by atoms with van der Waals surface area (Å²) in [5, 5.41) is 13.6. The summed E-state index contributed by atoms with van der Waals surface area (Å²) in [5.74, 6) is 0.105. The summed E-state index contributed by atoms with van der Waals surface area (Å²) in [7, 11) is 0. The molecule has 5 heteroatoms. The third-order valence-electron chi connectivity index (χ3n) is 3.87. The average Bonchev–Trinajstić information content (AvgIpc) is 2.34. The fraction of sp³-hybridized carbons (Fsp3) is 0.400. The number of benzene rings is 1. The molecule has 0 saturated carbocycles. The third kappa shape index (κ3) is 2.42. The first-order chi connectivity index (χ1) is 9.67. The second-order valence-corrected chi connectivity index (χ2v) is 5.15. The molecule has 0 unspecified atom stereocenters. The van der Waals surface area contributed by atoms with E-state index in [4.69, 9.17) is 4.42 Å². The quantitative estimate of drug-likeness (QED) is 0.823. The third-order valence-corrected chi connectivity index (χ3v) is 3.87. The Labute approximate surface area is 116 Å². The molecule has 0 amide bonds. The van der Waals surface area contributed by atoms with Crippen LogP contribution in [-0.2, 0) is 6.54 Å². The van der Waals surface area contributed by atoms with Crippen molar-refractivity contribution in [2.24, 2.45) is 0 Å². The zero-order valence-corrected chi connectivity index (χ0v) is 11.4. The Morgan fingerprint density at radius 1 is 1.40 bits per heavy atom. The highest BCUT2D eigenvalue weighted by Gasteiger charge is 2.24. The summed E-state index contributed by atoms with van der Waals surface area (Å²) in [4.78, 5) is 14.0. The molecule has 1 aliphatic heterocycles. The fourth-order valence-corrected chi connectivity index (χ4v) is 2.60. The van der Waals surface area contributed by atoms with Gasteiger partial charge in [0.2, 0.25) is 0 Å². The molecule has 1 fully saturated rings. The van der Waals surface area contributed by atoms with Gasteiger partial charge in [-0.2, -0.15) is 0 Å². The van der Waals surface area contributed by atoms with Crippen LogP contribution in [0.5, 0.6) is 5.75 Å². The second-order valence-electron chi connectivity index (χ2n) is 5.15. The van der Waals surface area contributed by atoms with Crippen LogP contribution in [0.1, 0.15) is 12.5 Å². The summed E-state index contributed by atoms with van der Waals surface area (Å²) in [6, 6.07) is 6.98. The molecule has 1 aromatic carbocycles. The molecule has 2 heterocycles. The molecule has 0 spiro atoms. The maximum Gasteiger partial charge on any atom is 0.336 e. The molecule has 5 nitrogen and oxygen atoms in total. The smallest absolute Gasteiger partial charge is 0.336 e. The van der Waals surface area contributed by atoms with E-state index in [1.165, 1.54) is 6.07 Å². The summed E-state index contributed by atoms with van der Waals surface area (Å²) in [5.41, 5.74) is 1.01. The van der Waals surface area contributed by atoms with E-state index in [0.717, 1.165) is 37.1 Å². The van der Waals surface area contributed by atoms with E-state index in [1.807, 2.05) is 0 Å². The minimum atomic E-state index is -0.374. The van der Waals surface area contributed by atoms with Crippen molar-refractivity contribution in [3.05, 3.63) is 40.2 Å². The number of hydrogen-bond acceptors (Lipinski definition) is 5. The summed E-state index contributed by atoms with van der Waals surface area (Å²) < 4.78 is 5.15. The van der Waals surface area contributed by atoms with Crippen LogP contribution in [0.25, 0.3) is 11.0 Å². The normalized spacial score (nSPS) is 15.7. The van der Waals surface area contributed by atoms with Crippen LogP contribution in [0, 0.1) is 0 Å². The molecule has 2 N–H and O–H groups in total. The molecule has 1 saturated heterocycles. The SMILES string of the molecule is CCN(Cc1cc(=O)oc2cc(O)ccc12)C1CNC1. The standard InChI is InChI=1S/C15H18N2O3/c1-2-17(11-7-16-8-11)9-10-5-15(19)20-14-6-12(18)3-4-13(10)14/h3-6,11,16,18H,2,7-9H2,1H3. The van der Waals surface area contributed by atoms with Crippen LogP contribution in [0.2, 0.25) is 0 Å². The molecule has 1 aliphatic rings. The largest absolute Gasteiger partial charge is 0.508 e. The topological polar surface area (TPSA) is 65.7 Å². The molecule has 0 aliphatic carbocycles. The van der Waals surface area contributed by atoms with Gasteiger partial charge in [0.05, 0.1) is 0 Å². The monoisotopic (exact) mass is 274 g/mol. The van der Waals surface area contributed by atoms with Gasteiger partial charge in [-0.05, 0) is 24.2 Å². The van der Waals surface area contributed by atoms with Crippen molar-refractivity contribution >= 4 is 11.0 Å². The zero-order valence-electron chi connectivity index (χ0n) is 11.4. The Morgan fingerprint density at radius 3 is 2.85 bits per heavy atom. The van der Waals surface area contributed by atoms with Gasteiger partial charge in [0, 0.05) is 43.2 Å². The van der Waals surface area contributed by atoms with E-state index >= 15 is 0 Å². The van der Waals surface area contributed by atoms with Crippen molar-refractivity contribution in [2.45, 2.75) is 19.5 Å². The fourth-order valence-electron chi connectivity index (χ4n) is 2.60. The van der Waals surface area contributed by atoms with Gasteiger partial charge in [-0.25, -0.2) is 4.79 Å². The van der Waals surface area contributed by atoms with Gasteiger partial charge in [-0.1, -0.05) is 6.92 Å². The number of phenols is 1. The van der Waals surface area contributed by atoms with Crippen molar-refractivity contribution in [1.82, 2.24) is 10.2 Å². The minimum absolute atomic E-state index is 0.105. The highest BCUT2D eigenvalue weighted by atomic mass is 16.4. The number of fused-ring (bicyclic) bond motifs is 1. The molecule has 106 valence electrons. The van der Waals surface area contributed by atoms with Gasteiger partial charge in [-0.3, -0.25) is 4.90 Å². The van der Waals surface area contributed by atoms with E-state index in [1.54, 1.807) is 18.2 Å². The van der Waals surface area contributed by atoms with Crippen molar-refractivity contribution < 1.29 is 9.52 Å². The number of likely N-dealkylation sites (N-methyl/N-ethyl adjacent to an activating group) is 1. The number of hydrogen-bond donors (Lipinski definition) is 2. The van der Waals surface area contributed by atoms with E-state index in [0.29, 0.717) is 11.6 Å². The van der Waals surface area contributed by atoms with Crippen LogP contribution in [0.3, 0.4) is 0 Å². The maximum atomic E-state index is 11.7. The lowest BCUT2D eigenvalue weighted by molar-refractivity contribution is 0.145. The average molecular weight is 274 g/mol. The summed E-state index contributed by atoms with van der Waals surface area (Å²) in [6.45, 7) is 5.77.